The normalized spacial score (nSPS) is 26.2. The molecule has 5 nitrogen and oxygen atoms in total. The molecule has 0 spiro atoms. The fourth-order valence-corrected chi connectivity index (χ4v) is 3.62. The third-order valence-electron chi connectivity index (χ3n) is 4.91. The van der Waals surface area contributed by atoms with E-state index >= 15 is 0 Å². The van der Waals surface area contributed by atoms with Gasteiger partial charge in [-0.05, 0) is 25.7 Å². The molecule has 2 fully saturated rings. The molecule has 2 N–H and O–H groups in total. The van der Waals surface area contributed by atoms with E-state index in [1.54, 1.807) is 4.90 Å². The van der Waals surface area contributed by atoms with Crippen LogP contribution in [0.1, 0.15) is 57.8 Å². The molecule has 0 aromatic heterocycles. The highest BCUT2D eigenvalue weighted by Crippen LogP contribution is 2.39. The number of hydrogen-bond donors (Lipinski definition) is 2. The molecule has 5 heteroatoms. The van der Waals surface area contributed by atoms with Gasteiger partial charge in [-0.15, -0.1) is 0 Å². The number of carbonyl (C=O) groups excluding carboxylic acids is 1. The lowest BCUT2D eigenvalue weighted by Crippen LogP contribution is -2.42. The zero-order valence-electron chi connectivity index (χ0n) is 12.0. The number of rotatable bonds is 4. The Kier molecular flexibility index (Phi) is 5.02. The summed E-state index contributed by atoms with van der Waals surface area (Å²) >= 11 is 0. The Morgan fingerprint density at radius 3 is 2.30 bits per heavy atom. The second-order valence-electron chi connectivity index (χ2n) is 6.24. The number of carboxylic acid groups (broad SMARTS) is 1. The first-order chi connectivity index (χ1) is 9.59. The topological polar surface area (TPSA) is 77.8 Å². The van der Waals surface area contributed by atoms with Crippen LogP contribution in [0.25, 0.3) is 0 Å². The number of aliphatic hydroxyl groups excluding tert-OH is 1. The highest BCUT2D eigenvalue weighted by Gasteiger charge is 2.42. The van der Waals surface area contributed by atoms with Crippen LogP contribution in [-0.4, -0.2) is 46.2 Å². The average Bonchev–Trinajstić information content (AvgIpc) is 2.78. The van der Waals surface area contributed by atoms with Crippen molar-refractivity contribution >= 4 is 11.9 Å². The van der Waals surface area contributed by atoms with Crippen molar-refractivity contribution in [1.29, 1.82) is 0 Å². The fourth-order valence-electron chi connectivity index (χ4n) is 3.62. The van der Waals surface area contributed by atoms with E-state index in [-0.39, 0.29) is 25.0 Å². The lowest BCUT2D eigenvalue weighted by molar-refractivity contribution is -0.155. The smallest absolute Gasteiger partial charge is 0.310 e. The molecule has 114 valence electrons. The summed E-state index contributed by atoms with van der Waals surface area (Å²) in [6.07, 6.45) is 6.93. The van der Waals surface area contributed by atoms with Crippen LogP contribution in [0.3, 0.4) is 0 Å². The van der Waals surface area contributed by atoms with E-state index < -0.39 is 11.4 Å². The SMILES string of the molecule is O=C(CC1(C(=O)O)CCCCCC1)N1CCC[C@@H]1CO. The van der Waals surface area contributed by atoms with Crippen LogP contribution in [0.4, 0.5) is 0 Å². The van der Waals surface area contributed by atoms with Crippen molar-refractivity contribution in [1.82, 2.24) is 4.90 Å². The molecule has 2 aliphatic rings. The Morgan fingerprint density at radius 2 is 1.75 bits per heavy atom. The number of carbonyl (C=O) groups is 2. The quantitative estimate of drug-likeness (QED) is 0.771. The molecule has 1 aliphatic carbocycles. The van der Waals surface area contributed by atoms with Crippen molar-refractivity contribution < 1.29 is 19.8 Å². The second-order valence-corrected chi connectivity index (χ2v) is 6.24. The number of likely N-dealkylation sites (tertiary alicyclic amines) is 1. The van der Waals surface area contributed by atoms with Gasteiger partial charge in [0, 0.05) is 13.0 Å². The molecule has 1 saturated heterocycles. The molecule has 0 unspecified atom stereocenters. The number of aliphatic carboxylic acids is 1. The molecule has 1 atom stereocenters. The van der Waals surface area contributed by atoms with Gasteiger partial charge in [0.2, 0.25) is 5.91 Å². The largest absolute Gasteiger partial charge is 0.481 e. The Bertz CT molecular complexity index is 361. The van der Waals surface area contributed by atoms with Gasteiger partial charge in [-0.25, -0.2) is 0 Å². The van der Waals surface area contributed by atoms with Gasteiger partial charge < -0.3 is 15.1 Å². The van der Waals surface area contributed by atoms with E-state index in [4.69, 9.17) is 0 Å². The van der Waals surface area contributed by atoms with E-state index in [1.165, 1.54) is 0 Å². The third kappa shape index (κ3) is 3.14. The monoisotopic (exact) mass is 283 g/mol. The predicted molar refractivity (Wildman–Crippen MR) is 74.2 cm³/mol. The summed E-state index contributed by atoms with van der Waals surface area (Å²) in [7, 11) is 0. The molecule has 2 rings (SSSR count). The minimum atomic E-state index is -0.879. The maximum atomic E-state index is 12.5. The minimum absolute atomic E-state index is 0.0220. The Balaban J connectivity index is 2.07. The first-order valence-corrected chi connectivity index (χ1v) is 7.73. The molecule has 0 aromatic rings. The van der Waals surface area contributed by atoms with Crippen LogP contribution >= 0.6 is 0 Å². The zero-order valence-corrected chi connectivity index (χ0v) is 12.0. The van der Waals surface area contributed by atoms with Gasteiger partial charge in [0.1, 0.15) is 0 Å². The van der Waals surface area contributed by atoms with Crippen LogP contribution in [0.15, 0.2) is 0 Å². The number of amides is 1. The highest BCUT2D eigenvalue weighted by atomic mass is 16.4. The van der Waals surface area contributed by atoms with Gasteiger partial charge in [-0.3, -0.25) is 9.59 Å². The van der Waals surface area contributed by atoms with Crippen molar-refractivity contribution in [3.05, 3.63) is 0 Å². The van der Waals surface area contributed by atoms with E-state index in [0.29, 0.717) is 19.4 Å². The zero-order chi connectivity index (χ0) is 14.6. The molecule has 0 bridgehead atoms. The molecule has 20 heavy (non-hydrogen) atoms. The summed E-state index contributed by atoms with van der Waals surface area (Å²) in [6, 6.07) is -0.112. The van der Waals surface area contributed by atoms with Gasteiger partial charge in [0.05, 0.1) is 18.1 Å². The minimum Gasteiger partial charge on any atom is -0.481 e. The van der Waals surface area contributed by atoms with E-state index in [1.807, 2.05) is 0 Å². The van der Waals surface area contributed by atoms with E-state index in [2.05, 4.69) is 0 Å². The molecule has 0 aromatic carbocycles. The van der Waals surface area contributed by atoms with Gasteiger partial charge in [-0.1, -0.05) is 25.7 Å². The summed E-state index contributed by atoms with van der Waals surface area (Å²) in [4.78, 5) is 25.9. The maximum absolute atomic E-state index is 12.5. The van der Waals surface area contributed by atoms with Crippen LogP contribution in [0.5, 0.6) is 0 Å². The first-order valence-electron chi connectivity index (χ1n) is 7.73. The van der Waals surface area contributed by atoms with Crippen molar-refractivity contribution in [3.63, 3.8) is 0 Å². The highest BCUT2D eigenvalue weighted by molar-refractivity contribution is 5.85. The standard InChI is InChI=1S/C15H25NO4/c17-11-12-6-5-9-16(12)13(18)10-15(14(19)20)7-3-1-2-4-8-15/h12,17H,1-11H2,(H,19,20)/t12-/m1/s1. The average molecular weight is 283 g/mol. The number of aliphatic hydroxyl groups is 1. The lowest BCUT2D eigenvalue weighted by Gasteiger charge is -2.31. The second kappa shape index (κ2) is 6.57. The third-order valence-corrected chi connectivity index (χ3v) is 4.91. The fraction of sp³-hybridized carbons (Fsp3) is 0.867. The summed E-state index contributed by atoms with van der Waals surface area (Å²) in [5.74, 6) is -0.918. The maximum Gasteiger partial charge on any atom is 0.310 e. The predicted octanol–water partition coefficient (Wildman–Crippen LogP) is 1.78. The van der Waals surface area contributed by atoms with Crippen molar-refractivity contribution in [2.75, 3.05) is 13.2 Å². The number of hydrogen-bond acceptors (Lipinski definition) is 3. The Hall–Kier alpha value is -1.10. The molecule has 1 saturated carbocycles. The first kappa shape index (κ1) is 15.3. The van der Waals surface area contributed by atoms with Gasteiger partial charge in [-0.2, -0.15) is 0 Å². The molecule has 1 amide bonds. The van der Waals surface area contributed by atoms with Crippen molar-refractivity contribution in [2.45, 2.75) is 63.8 Å². The summed E-state index contributed by atoms with van der Waals surface area (Å²) in [6.45, 7) is 0.631. The van der Waals surface area contributed by atoms with E-state index in [9.17, 15) is 19.8 Å². The number of nitrogens with zero attached hydrogens (tertiary/aromatic N) is 1. The summed E-state index contributed by atoms with van der Waals surface area (Å²) in [5, 5.41) is 18.9. The van der Waals surface area contributed by atoms with Gasteiger partial charge in [0.25, 0.3) is 0 Å². The van der Waals surface area contributed by atoms with Crippen LogP contribution in [-0.2, 0) is 9.59 Å². The molecule has 0 radical (unpaired) electrons. The van der Waals surface area contributed by atoms with Crippen LogP contribution in [0.2, 0.25) is 0 Å². The number of carboxylic acids is 1. The lowest BCUT2D eigenvalue weighted by atomic mass is 9.77. The Labute approximate surface area is 120 Å². The van der Waals surface area contributed by atoms with Crippen molar-refractivity contribution in [2.24, 2.45) is 5.41 Å². The van der Waals surface area contributed by atoms with Gasteiger partial charge in [0.15, 0.2) is 0 Å². The molecule has 1 aliphatic heterocycles. The molecular formula is C15H25NO4. The summed E-state index contributed by atoms with van der Waals surface area (Å²) < 4.78 is 0. The molecule has 1 heterocycles. The molecular weight excluding hydrogens is 258 g/mol. The van der Waals surface area contributed by atoms with Crippen LogP contribution in [0, 0.1) is 5.41 Å². The summed E-state index contributed by atoms with van der Waals surface area (Å²) in [5.41, 5.74) is -0.879. The van der Waals surface area contributed by atoms with Gasteiger partial charge >= 0.3 is 5.97 Å². The Morgan fingerprint density at radius 1 is 1.10 bits per heavy atom. The van der Waals surface area contributed by atoms with Crippen molar-refractivity contribution in [3.8, 4) is 0 Å². The van der Waals surface area contributed by atoms with Crippen LogP contribution < -0.4 is 0 Å². The van der Waals surface area contributed by atoms with E-state index in [0.717, 1.165) is 38.5 Å².